The minimum Gasteiger partial charge on any atom is -0.497 e. The van der Waals surface area contributed by atoms with Crippen molar-refractivity contribution in [2.75, 3.05) is 25.9 Å². The predicted octanol–water partition coefficient (Wildman–Crippen LogP) is 1.47. The van der Waals surface area contributed by atoms with Crippen molar-refractivity contribution in [2.24, 2.45) is 16.8 Å². The molecule has 144 valence electrons. The third-order valence-corrected chi connectivity index (χ3v) is 6.85. The Morgan fingerprint density at radius 3 is 2.93 bits per heavy atom. The highest BCUT2D eigenvalue weighted by molar-refractivity contribution is 6.08. The Labute approximate surface area is 157 Å². The summed E-state index contributed by atoms with van der Waals surface area (Å²) in [7, 11) is 3.07. The van der Waals surface area contributed by atoms with Gasteiger partial charge < -0.3 is 14.6 Å². The summed E-state index contributed by atoms with van der Waals surface area (Å²) in [5, 5.41) is 12.6. The van der Waals surface area contributed by atoms with E-state index in [0.717, 1.165) is 17.7 Å². The summed E-state index contributed by atoms with van der Waals surface area (Å²) in [6.07, 6.45) is -0.0242. The number of fused-ring (bicyclic) bond motifs is 2. The Hall–Kier alpha value is -1.96. The Bertz CT molecular complexity index is 840. The molecule has 4 heterocycles. The number of benzene rings is 1. The molecule has 7 heteroatoms. The van der Waals surface area contributed by atoms with E-state index in [4.69, 9.17) is 19.3 Å². The van der Waals surface area contributed by atoms with Crippen molar-refractivity contribution < 1.29 is 24.2 Å². The van der Waals surface area contributed by atoms with Crippen LogP contribution in [0.5, 0.6) is 5.75 Å². The molecular weight excluding hydrogens is 348 g/mol. The first-order valence-corrected chi connectivity index (χ1v) is 9.50. The van der Waals surface area contributed by atoms with Crippen molar-refractivity contribution in [3.63, 3.8) is 0 Å². The Morgan fingerprint density at radius 1 is 1.41 bits per heavy atom. The molecule has 0 aromatic heterocycles. The molecule has 0 radical (unpaired) electrons. The highest BCUT2D eigenvalue weighted by atomic mass is 16.7. The number of carbonyl (C=O) groups is 1. The topological polar surface area (TPSA) is 80.6 Å². The van der Waals surface area contributed by atoms with Crippen LogP contribution in [0.15, 0.2) is 23.2 Å². The van der Waals surface area contributed by atoms with Gasteiger partial charge in [-0.25, -0.2) is 0 Å². The number of anilines is 1. The molecule has 0 unspecified atom stereocenters. The van der Waals surface area contributed by atoms with Crippen molar-refractivity contribution in [3.8, 4) is 5.75 Å². The highest BCUT2D eigenvalue weighted by Gasteiger charge is 2.67. The van der Waals surface area contributed by atoms with Crippen LogP contribution in [0.25, 0.3) is 0 Å². The zero-order chi connectivity index (χ0) is 18.9. The van der Waals surface area contributed by atoms with Gasteiger partial charge in [0.25, 0.3) is 5.91 Å². The normalized spacial score (nSPS) is 39.0. The van der Waals surface area contributed by atoms with Crippen molar-refractivity contribution in [2.45, 2.75) is 43.4 Å². The van der Waals surface area contributed by atoms with Crippen LogP contribution in [-0.4, -0.2) is 55.8 Å². The molecule has 1 spiro atoms. The van der Waals surface area contributed by atoms with E-state index in [9.17, 15) is 9.90 Å². The molecule has 4 bridgehead atoms. The number of hydroxylamine groups is 1. The molecule has 5 aliphatic rings. The van der Waals surface area contributed by atoms with Gasteiger partial charge in [0.05, 0.1) is 38.7 Å². The number of hydrogen-bond acceptors (Lipinski definition) is 6. The predicted molar refractivity (Wildman–Crippen MR) is 98.0 cm³/mol. The van der Waals surface area contributed by atoms with Gasteiger partial charge in [0.15, 0.2) is 0 Å². The second kappa shape index (κ2) is 5.77. The van der Waals surface area contributed by atoms with E-state index >= 15 is 0 Å². The average Bonchev–Trinajstić information content (AvgIpc) is 3.05. The Morgan fingerprint density at radius 2 is 2.22 bits per heavy atom. The molecule has 4 aliphatic heterocycles. The molecule has 6 atom stereocenters. The van der Waals surface area contributed by atoms with Crippen LogP contribution in [-0.2, 0) is 19.8 Å². The van der Waals surface area contributed by atoms with Gasteiger partial charge in [-0.3, -0.25) is 14.6 Å². The maximum absolute atomic E-state index is 13.6. The average molecular weight is 372 g/mol. The number of rotatable bonds is 3. The molecule has 3 fully saturated rings. The first-order valence-electron chi connectivity index (χ1n) is 9.50. The van der Waals surface area contributed by atoms with Gasteiger partial charge in [-0.2, -0.15) is 5.06 Å². The van der Waals surface area contributed by atoms with Crippen LogP contribution in [0.2, 0.25) is 0 Å². The van der Waals surface area contributed by atoms with Crippen molar-refractivity contribution in [3.05, 3.63) is 23.8 Å². The SMILES string of the molecule is CCC1=N[C@H]2C[C@@]3(C(=O)N(OC)c4cc(OC)ccc43)[C@@H]3OC[C@H]2[C@H]1[C@@H]3O. The van der Waals surface area contributed by atoms with E-state index in [-0.39, 0.29) is 23.8 Å². The number of carbonyl (C=O) groups excluding carboxylic acids is 1. The Kier molecular flexibility index (Phi) is 3.67. The third-order valence-electron chi connectivity index (χ3n) is 6.85. The lowest BCUT2D eigenvalue weighted by atomic mass is 9.70. The number of hydrogen-bond donors (Lipinski definition) is 1. The van der Waals surface area contributed by atoms with Gasteiger partial charge in [0.1, 0.15) is 17.3 Å². The number of methoxy groups -OCH3 is 1. The van der Waals surface area contributed by atoms with Gasteiger partial charge in [0, 0.05) is 23.6 Å². The van der Waals surface area contributed by atoms with Crippen LogP contribution in [0.4, 0.5) is 5.69 Å². The molecule has 1 saturated carbocycles. The molecular formula is C20H24N2O5. The molecule has 27 heavy (non-hydrogen) atoms. The quantitative estimate of drug-likeness (QED) is 0.869. The second-order valence-electron chi connectivity index (χ2n) is 7.82. The number of nitrogens with zero attached hydrogens (tertiary/aromatic N) is 2. The summed E-state index contributed by atoms with van der Waals surface area (Å²) in [5.74, 6) is 0.562. The van der Waals surface area contributed by atoms with Crippen molar-refractivity contribution in [1.29, 1.82) is 0 Å². The zero-order valence-corrected chi connectivity index (χ0v) is 15.7. The highest BCUT2D eigenvalue weighted by Crippen LogP contribution is 2.57. The number of ether oxygens (including phenoxy) is 2. The monoisotopic (exact) mass is 372 g/mol. The maximum atomic E-state index is 13.6. The fourth-order valence-corrected chi connectivity index (χ4v) is 5.69. The summed E-state index contributed by atoms with van der Waals surface area (Å²) < 4.78 is 11.5. The lowest BCUT2D eigenvalue weighted by Crippen LogP contribution is -2.58. The maximum Gasteiger partial charge on any atom is 0.264 e. The molecule has 1 aromatic carbocycles. The smallest absolute Gasteiger partial charge is 0.264 e. The molecule has 1 aliphatic carbocycles. The van der Waals surface area contributed by atoms with E-state index in [1.807, 2.05) is 12.1 Å². The second-order valence-corrected chi connectivity index (χ2v) is 7.82. The van der Waals surface area contributed by atoms with Crippen LogP contribution in [0.1, 0.15) is 25.3 Å². The zero-order valence-electron chi connectivity index (χ0n) is 15.7. The summed E-state index contributed by atoms with van der Waals surface area (Å²) in [4.78, 5) is 24.0. The fourth-order valence-electron chi connectivity index (χ4n) is 5.69. The minimum absolute atomic E-state index is 0.0239. The third kappa shape index (κ3) is 1.97. The molecule has 1 amide bonds. The van der Waals surface area contributed by atoms with E-state index in [2.05, 4.69) is 6.92 Å². The van der Waals surface area contributed by atoms with E-state index in [1.165, 1.54) is 12.2 Å². The molecule has 7 nitrogen and oxygen atoms in total. The molecule has 2 saturated heterocycles. The number of aliphatic imine (C=N–C) groups is 1. The van der Waals surface area contributed by atoms with Crippen LogP contribution in [0.3, 0.4) is 0 Å². The van der Waals surface area contributed by atoms with Gasteiger partial charge in [-0.15, -0.1) is 0 Å². The number of aliphatic hydroxyl groups is 1. The van der Waals surface area contributed by atoms with E-state index in [0.29, 0.717) is 24.5 Å². The number of amides is 1. The molecule has 1 N–H and O–H groups in total. The summed E-state index contributed by atoms with van der Waals surface area (Å²) in [5.41, 5.74) is 1.54. The molecule has 1 aromatic rings. The summed E-state index contributed by atoms with van der Waals surface area (Å²) >= 11 is 0. The first-order chi connectivity index (χ1) is 13.1. The number of aliphatic hydroxyl groups excluding tert-OH is 1. The van der Waals surface area contributed by atoms with Crippen LogP contribution >= 0.6 is 0 Å². The van der Waals surface area contributed by atoms with Gasteiger partial charge >= 0.3 is 0 Å². The summed E-state index contributed by atoms with van der Waals surface area (Å²) in [6.45, 7) is 2.60. The fraction of sp³-hybridized carbons (Fsp3) is 0.600. The first kappa shape index (κ1) is 17.2. The standard InChI is InChI=1S/C20H24N2O5/c1-4-13-16-11-9-27-18(17(16)23)20(8-14(11)21-13)12-6-5-10(25-2)7-15(12)22(26-3)19(20)24/h5-7,11,14,16-18,23H,4,8-9H2,1-3H3/t11-,14+,16-,17+,18-,20+/m1/s1. The van der Waals surface area contributed by atoms with Crippen LogP contribution < -0.4 is 9.80 Å². The lowest BCUT2D eigenvalue weighted by molar-refractivity contribution is -0.152. The molecule has 6 rings (SSSR count). The van der Waals surface area contributed by atoms with Crippen molar-refractivity contribution in [1.82, 2.24) is 0 Å². The lowest BCUT2D eigenvalue weighted by Gasteiger charge is -2.42. The summed E-state index contributed by atoms with van der Waals surface area (Å²) in [6, 6.07) is 5.52. The van der Waals surface area contributed by atoms with Gasteiger partial charge in [0.2, 0.25) is 0 Å². The van der Waals surface area contributed by atoms with Gasteiger partial charge in [-0.05, 0) is 24.5 Å². The van der Waals surface area contributed by atoms with Gasteiger partial charge in [-0.1, -0.05) is 13.0 Å². The Balaban J connectivity index is 1.71. The largest absolute Gasteiger partial charge is 0.497 e. The minimum atomic E-state index is -0.992. The van der Waals surface area contributed by atoms with Crippen LogP contribution in [0, 0.1) is 11.8 Å². The van der Waals surface area contributed by atoms with E-state index in [1.54, 1.807) is 13.2 Å². The van der Waals surface area contributed by atoms with Crippen molar-refractivity contribution >= 4 is 17.3 Å². The van der Waals surface area contributed by atoms with E-state index < -0.39 is 17.6 Å².